The zero-order chi connectivity index (χ0) is 11.2. The summed E-state index contributed by atoms with van der Waals surface area (Å²) in [6.45, 7) is 0.685. The highest BCUT2D eigenvalue weighted by molar-refractivity contribution is 5.20. The Morgan fingerprint density at radius 3 is 2.69 bits per heavy atom. The lowest BCUT2D eigenvalue weighted by Gasteiger charge is -2.14. The number of H-pyrrole nitrogens is 1. The molecule has 0 aliphatic heterocycles. The minimum Gasteiger partial charge on any atom is -0.330 e. The molecule has 1 aromatic heterocycles. The molecule has 0 aliphatic carbocycles. The zero-order valence-electron chi connectivity index (χ0n) is 9.13. The van der Waals surface area contributed by atoms with Crippen molar-refractivity contribution in [2.24, 2.45) is 5.73 Å². The molecular weight excluding hydrogens is 200 g/mol. The van der Waals surface area contributed by atoms with E-state index in [0.717, 1.165) is 18.7 Å². The van der Waals surface area contributed by atoms with Gasteiger partial charge in [0.25, 0.3) is 0 Å². The van der Waals surface area contributed by atoms with Gasteiger partial charge < -0.3 is 5.73 Å². The molecule has 0 amide bonds. The van der Waals surface area contributed by atoms with Gasteiger partial charge in [-0.15, -0.1) is 0 Å². The Labute approximate surface area is 94.9 Å². The van der Waals surface area contributed by atoms with Crippen molar-refractivity contribution >= 4 is 0 Å². The number of aromatic nitrogens is 3. The maximum Gasteiger partial charge on any atom is 0.150 e. The van der Waals surface area contributed by atoms with E-state index in [1.54, 1.807) is 6.33 Å². The van der Waals surface area contributed by atoms with Crippen molar-refractivity contribution in [3.63, 3.8) is 0 Å². The number of aromatic amines is 1. The minimum atomic E-state index is 0.405. The highest BCUT2D eigenvalue weighted by Gasteiger charge is 2.13. The Hall–Kier alpha value is -1.68. The van der Waals surface area contributed by atoms with Gasteiger partial charge in [0, 0.05) is 6.42 Å². The van der Waals surface area contributed by atoms with Crippen molar-refractivity contribution in [2.45, 2.75) is 18.8 Å². The molecule has 1 atom stereocenters. The topological polar surface area (TPSA) is 67.6 Å². The van der Waals surface area contributed by atoms with Crippen molar-refractivity contribution in [3.05, 3.63) is 48.0 Å². The van der Waals surface area contributed by atoms with E-state index in [1.165, 1.54) is 5.56 Å². The number of nitrogens with two attached hydrogens (primary N) is 1. The van der Waals surface area contributed by atoms with Crippen LogP contribution in [0.2, 0.25) is 0 Å². The van der Waals surface area contributed by atoms with Gasteiger partial charge in [0.2, 0.25) is 0 Å². The van der Waals surface area contributed by atoms with Gasteiger partial charge in [-0.1, -0.05) is 30.3 Å². The summed E-state index contributed by atoms with van der Waals surface area (Å²) < 4.78 is 0. The Bertz CT molecular complexity index is 396. The molecule has 2 rings (SSSR count). The van der Waals surface area contributed by atoms with Crippen LogP contribution in [0.3, 0.4) is 0 Å². The Kier molecular flexibility index (Phi) is 3.66. The van der Waals surface area contributed by atoms with Crippen molar-refractivity contribution in [1.29, 1.82) is 0 Å². The monoisotopic (exact) mass is 216 g/mol. The standard InChI is InChI=1S/C12H16N4/c13-7-6-11(8-12-14-9-15-16-12)10-4-2-1-3-5-10/h1-5,9,11H,6-8,13H2,(H,14,15,16). The molecule has 0 saturated heterocycles. The maximum absolute atomic E-state index is 5.65. The second-order valence-electron chi connectivity index (χ2n) is 3.80. The summed E-state index contributed by atoms with van der Waals surface area (Å²) in [4.78, 5) is 4.16. The molecule has 0 fully saturated rings. The van der Waals surface area contributed by atoms with Crippen LogP contribution in [-0.2, 0) is 6.42 Å². The van der Waals surface area contributed by atoms with E-state index in [4.69, 9.17) is 5.73 Å². The Morgan fingerprint density at radius 2 is 2.06 bits per heavy atom. The number of hydrogen-bond donors (Lipinski definition) is 2. The third-order valence-corrected chi connectivity index (χ3v) is 2.68. The van der Waals surface area contributed by atoms with Crippen LogP contribution in [0.25, 0.3) is 0 Å². The van der Waals surface area contributed by atoms with E-state index in [1.807, 2.05) is 6.07 Å². The summed E-state index contributed by atoms with van der Waals surface area (Å²) in [7, 11) is 0. The first kappa shape index (κ1) is 10.8. The molecule has 0 aliphatic rings. The fourth-order valence-corrected chi connectivity index (χ4v) is 1.87. The Morgan fingerprint density at radius 1 is 1.25 bits per heavy atom. The van der Waals surface area contributed by atoms with Crippen molar-refractivity contribution in [1.82, 2.24) is 15.2 Å². The van der Waals surface area contributed by atoms with Gasteiger partial charge in [-0.2, -0.15) is 5.10 Å². The average Bonchev–Trinajstić information content (AvgIpc) is 2.83. The molecule has 2 aromatic rings. The molecule has 4 nitrogen and oxygen atoms in total. The molecule has 0 radical (unpaired) electrons. The number of benzene rings is 1. The number of nitrogens with one attached hydrogen (secondary N) is 1. The van der Waals surface area contributed by atoms with Gasteiger partial charge in [0.05, 0.1) is 0 Å². The Balaban J connectivity index is 2.11. The summed E-state index contributed by atoms with van der Waals surface area (Å²) >= 11 is 0. The average molecular weight is 216 g/mol. The smallest absolute Gasteiger partial charge is 0.150 e. The quantitative estimate of drug-likeness (QED) is 0.795. The van der Waals surface area contributed by atoms with E-state index in [9.17, 15) is 0 Å². The summed E-state index contributed by atoms with van der Waals surface area (Å²) in [5.41, 5.74) is 6.95. The van der Waals surface area contributed by atoms with Crippen LogP contribution in [0.4, 0.5) is 0 Å². The first-order valence-corrected chi connectivity index (χ1v) is 5.50. The van der Waals surface area contributed by atoms with Crippen LogP contribution in [0.15, 0.2) is 36.7 Å². The second kappa shape index (κ2) is 5.42. The highest BCUT2D eigenvalue weighted by atomic mass is 15.2. The van der Waals surface area contributed by atoms with Crippen LogP contribution in [0.1, 0.15) is 23.7 Å². The van der Waals surface area contributed by atoms with Gasteiger partial charge in [-0.05, 0) is 24.4 Å². The maximum atomic E-state index is 5.65. The lowest BCUT2D eigenvalue weighted by molar-refractivity contribution is 0.612. The van der Waals surface area contributed by atoms with Gasteiger partial charge in [0.1, 0.15) is 6.33 Å². The fraction of sp³-hybridized carbons (Fsp3) is 0.333. The zero-order valence-corrected chi connectivity index (χ0v) is 9.13. The van der Waals surface area contributed by atoms with Crippen LogP contribution in [-0.4, -0.2) is 21.7 Å². The third-order valence-electron chi connectivity index (χ3n) is 2.68. The van der Waals surface area contributed by atoms with E-state index in [2.05, 4.69) is 39.4 Å². The van der Waals surface area contributed by atoms with E-state index in [-0.39, 0.29) is 0 Å². The first-order chi connectivity index (χ1) is 7.90. The van der Waals surface area contributed by atoms with Crippen LogP contribution in [0, 0.1) is 0 Å². The van der Waals surface area contributed by atoms with Gasteiger partial charge in [-0.25, -0.2) is 4.98 Å². The number of rotatable bonds is 5. The molecular formula is C12H16N4. The number of nitrogens with zero attached hydrogens (tertiary/aromatic N) is 2. The molecule has 0 spiro atoms. The molecule has 0 bridgehead atoms. The predicted octanol–water partition coefficient (Wildman–Crippen LogP) is 1.48. The normalized spacial score (nSPS) is 12.6. The van der Waals surface area contributed by atoms with Crippen molar-refractivity contribution < 1.29 is 0 Å². The minimum absolute atomic E-state index is 0.405. The molecule has 0 saturated carbocycles. The molecule has 1 heterocycles. The fourth-order valence-electron chi connectivity index (χ4n) is 1.87. The summed E-state index contributed by atoms with van der Waals surface area (Å²) in [5, 5.41) is 6.82. The largest absolute Gasteiger partial charge is 0.330 e. The molecule has 1 unspecified atom stereocenters. The van der Waals surface area contributed by atoms with Gasteiger partial charge in [0.15, 0.2) is 5.82 Å². The third kappa shape index (κ3) is 2.67. The first-order valence-electron chi connectivity index (χ1n) is 5.50. The van der Waals surface area contributed by atoms with Crippen molar-refractivity contribution in [2.75, 3.05) is 6.54 Å². The number of hydrogen-bond acceptors (Lipinski definition) is 3. The molecule has 84 valence electrons. The van der Waals surface area contributed by atoms with E-state index < -0.39 is 0 Å². The summed E-state index contributed by atoms with van der Waals surface area (Å²) in [6, 6.07) is 10.4. The predicted molar refractivity (Wildman–Crippen MR) is 62.9 cm³/mol. The highest BCUT2D eigenvalue weighted by Crippen LogP contribution is 2.22. The van der Waals surface area contributed by atoms with Gasteiger partial charge >= 0.3 is 0 Å². The van der Waals surface area contributed by atoms with Crippen LogP contribution < -0.4 is 5.73 Å². The SMILES string of the molecule is NCCC(Cc1nc[nH]n1)c1ccccc1. The second-order valence-corrected chi connectivity index (χ2v) is 3.80. The van der Waals surface area contributed by atoms with Crippen LogP contribution in [0.5, 0.6) is 0 Å². The van der Waals surface area contributed by atoms with Gasteiger partial charge in [-0.3, -0.25) is 5.10 Å². The van der Waals surface area contributed by atoms with Crippen LogP contribution >= 0.6 is 0 Å². The molecule has 16 heavy (non-hydrogen) atoms. The summed E-state index contributed by atoms with van der Waals surface area (Å²) in [5.74, 6) is 1.25. The van der Waals surface area contributed by atoms with E-state index >= 15 is 0 Å². The molecule has 4 heteroatoms. The lowest BCUT2D eigenvalue weighted by atomic mass is 9.92. The molecule has 3 N–H and O–H groups in total. The molecule has 1 aromatic carbocycles. The van der Waals surface area contributed by atoms with E-state index in [0.29, 0.717) is 12.5 Å². The van der Waals surface area contributed by atoms with Crippen molar-refractivity contribution in [3.8, 4) is 0 Å². The summed E-state index contributed by atoms with van der Waals surface area (Å²) in [6.07, 6.45) is 3.41. The lowest BCUT2D eigenvalue weighted by Crippen LogP contribution is -2.10.